The first-order chi connectivity index (χ1) is 13.2. The van der Waals surface area contributed by atoms with Crippen molar-refractivity contribution < 1.29 is 23.4 Å². The van der Waals surface area contributed by atoms with E-state index in [-0.39, 0.29) is 18.3 Å². The highest BCUT2D eigenvalue weighted by molar-refractivity contribution is 6.03. The zero-order chi connectivity index (χ0) is 19.1. The molecule has 0 aliphatic rings. The van der Waals surface area contributed by atoms with Crippen LogP contribution in [0.5, 0.6) is 17.2 Å². The van der Waals surface area contributed by atoms with E-state index in [1.807, 2.05) is 31.2 Å². The van der Waals surface area contributed by atoms with Crippen molar-refractivity contribution in [3.05, 3.63) is 72.2 Å². The largest absolute Gasteiger partial charge is 0.497 e. The number of para-hydroxylation sites is 2. The highest BCUT2D eigenvalue weighted by atomic mass is 16.5. The number of furan rings is 1. The zero-order valence-corrected chi connectivity index (χ0v) is 15.2. The SMILES string of the molecule is CCOc1ccccc1NC(=O)c1ccc(COc2ccc(OC)cc2)o1. The highest BCUT2D eigenvalue weighted by Gasteiger charge is 2.14. The molecule has 2 aromatic carbocycles. The van der Waals surface area contributed by atoms with Crippen LogP contribution in [0.2, 0.25) is 0 Å². The Bertz CT molecular complexity index is 886. The number of nitrogens with one attached hydrogen (secondary N) is 1. The van der Waals surface area contributed by atoms with E-state index in [2.05, 4.69) is 5.32 Å². The van der Waals surface area contributed by atoms with Gasteiger partial charge in [0, 0.05) is 0 Å². The van der Waals surface area contributed by atoms with Crippen LogP contribution >= 0.6 is 0 Å². The number of benzene rings is 2. The Morgan fingerprint density at radius 3 is 2.44 bits per heavy atom. The van der Waals surface area contributed by atoms with E-state index < -0.39 is 0 Å². The van der Waals surface area contributed by atoms with Gasteiger partial charge >= 0.3 is 0 Å². The summed E-state index contributed by atoms with van der Waals surface area (Å²) in [5.74, 6) is 2.46. The summed E-state index contributed by atoms with van der Waals surface area (Å²) in [4.78, 5) is 12.4. The van der Waals surface area contributed by atoms with Gasteiger partial charge in [0.15, 0.2) is 5.76 Å². The maximum atomic E-state index is 12.4. The highest BCUT2D eigenvalue weighted by Crippen LogP contribution is 2.25. The van der Waals surface area contributed by atoms with E-state index in [1.165, 1.54) is 0 Å². The van der Waals surface area contributed by atoms with Crippen molar-refractivity contribution in [3.8, 4) is 17.2 Å². The monoisotopic (exact) mass is 367 g/mol. The van der Waals surface area contributed by atoms with Crippen LogP contribution in [0, 0.1) is 0 Å². The fourth-order valence-electron chi connectivity index (χ4n) is 2.44. The minimum absolute atomic E-state index is 0.203. The van der Waals surface area contributed by atoms with Crippen molar-refractivity contribution in [3.63, 3.8) is 0 Å². The van der Waals surface area contributed by atoms with Crippen LogP contribution in [0.25, 0.3) is 0 Å². The fraction of sp³-hybridized carbons (Fsp3) is 0.190. The van der Waals surface area contributed by atoms with Crippen LogP contribution in [0.3, 0.4) is 0 Å². The van der Waals surface area contributed by atoms with Crippen molar-refractivity contribution in [2.24, 2.45) is 0 Å². The lowest BCUT2D eigenvalue weighted by Crippen LogP contribution is -2.12. The predicted octanol–water partition coefficient (Wildman–Crippen LogP) is 4.52. The van der Waals surface area contributed by atoms with E-state index in [9.17, 15) is 4.79 Å². The minimum Gasteiger partial charge on any atom is -0.497 e. The normalized spacial score (nSPS) is 10.3. The molecule has 0 spiro atoms. The Labute approximate surface area is 157 Å². The minimum atomic E-state index is -0.349. The molecule has 6 heteroatoms. The number of hydrogen-bond donors (Lipinski definition) is 1. The van der Waals surface area contributed by atoms with Crippen LogP contribution in [-0.4, -0.2) is 19.6 Å². The van der Waals surface area contributed by atoms with Crippen LogP contribution in [0.1, 0.15) is 23.2 Å². The molecular formula is C21H21NO5. The number of carbonyl (C=O) groups is 1. The molecule has 3 rings (SSSR count). The van der Waals surface area contributed by atoms with Gasteiger partial charge in [0.05, 0.1) is 19.4 Å². The van der Waals surface area contributed by atoms with Crippen LogP contribution < -0.4 is 19.5 Å². The first kappa shape index (κ1) is 18.4. The van der Waals surface area contributed by atoms with Gasteiger partial charge in [-0.3, -0.25) is 4.79 Å². The van der Waals surface area contributed by atoms with Crippen LogP contribution in [0.15, 0.2) is 65.1 Å². The lowest BCUT2D eigenvalue weighted by Gasteiger charge is -2.10. The van der Waals surface area contributed by atoms with Crippen molar-refractivity contribution in [2.45, 2.75) is 13.5 Å². The summed E-state index contributed by atoms with van der Waals surface area (Å²) in [6.45, 7) is 2.62. The fourth-order valence-corrected chi connectivity index (χ4v) is 2.44. The van der Waals surface area contributed by atoms with Gasteiger partial charge in [-0.2, -0.15) is 0 Å². The molecule has 1 amide bonds. The van der Waals surface area contributed by atoms with Crippen molar-refractivity contribution in [1.82, 2.24) is 0 Å². The third kappa shape index (κ3) is 4.82. The molecule has 0 fully saturated rings. The van der Waals surface area contributed by atoms with E-state index in [1.54, 1.807) is 43.5 Å². The molecule has 140 valence electrons. The first-order valence-electron chi connectivity index (χ1n) is 8.58. The third-order valence-corrected chi connectivity index (χ3v) is 3.76. The summed E-state index contributed by atoms with van der Waals surface area (Å²) in [5.41, 5.74) is 0.594. The maximum absolute atomic E-state index is 12.4. The molecule has 0 aliphatic carbocycles. The number of amides is 1. The molecule has 0 saturated carbocycles. The quantitative estimate of drug-likeness (QED) is 0.634. The van der Waals surface area contributed by atoms with E-state index in [0.717, 1.165) is 5.75 Å². The number of anilines is 1. The van der Waals surface area contributed by atoms with E-state index in [4.69, 9.17) is 18.6 Å². The van der Waals surface area contributed by atoms with Gasteiger partial charge in [0.25, 0.3) is 5.91 Å². The summed E-state index contributed by atoms with van der Waals surface area (Å²) in [5, 5.41) is 2.80. The van der Waals surface area contributed by atoms with Crippen molar-refractivity contribution in [1.29, 1.82) is 0 Å². The van der Waals surface area contributed by atoms with Gasteiger partial charge in [-0.05, 0) is 55.5 Å². The zero-order valence-electron chi connectivity index (χ0n) is 15.2. The summed E-state index contributed by atoms with van der Waals surface area (Å²) in [6.07, 6.45) is 0. The van der Waals surface area contributed by atoms with Gasteiger partial charge in [-0.25, -0.2) is 0 Å². The van der Waals surface area contributed by atoms with E-state index in [0.29, 0.717) is 29.6 Å². The number of ether oxygens (including phenoxy) is 3. The molecule has 6 nitrogen and oxygen atoms in total. The molecule has 27 heavy (non-hydrogen) atoms. The second-order valence-corrected chi connectivity index (χ2v) is 5.61. The summed E-state index contributed by atoms with van der Waals surface area (Å²) in [6, 6.07) is 17.8. The van der Waals surface area contributed by atoms with Crippen molar-refractivity contribution >= 4 is 11.6 Å². The molecule has 0 radical (unpaired) electrons. The molecule has 0 atom stereocenters. The predicted molar refractivity (Wildman–Crippen MR) is 102 cm³/mol. The average molecular weight is 367 g/mol. The number of rotatable bonds is 8. The first-order valence-corrected chi connectivity index (χ1v) is 8.58. The molecule has 0 bridgehead atoms. The lowest BCUT2D eigenvalue weighted by molar-refractivity contribution is 0.0992. The van der Waals surface area contributed by atoms with Gasteiger partial charge in [0.1, 0.15) is 29.6 Å². The molecule has 1 aromatic heterocycles. The Kier molecular flexibility index (Phi) is 5.99. The molecule has 1 heterocycles. The topological polar surface area (TPSA) is 69.9 Å². The summed E-state index contributed by atoms with van der Waals surface area (Å²) in [7, 11) is 1.61. The Balaban J connectivity index is 1.60. The third-order valence-electron chi connectivity index (χ3n) is 3.76. The molecule has 3 aromatic rings. The Morgan fingerprint density at radius 1 is 0.963 bits per heavy atom. The number of carbonyl (C=O) groups excluding carboxylic acids is 1. The smallest absolute Gasteiger partial charge is 0.291 e. The summed E-state index contributed by atoms with van der Waals surface area (Å²) < 4.78 is 21.8. The standard InChI is InChI=1S/C21H21NO5/c1-3-25-19-7-5-4-6-18(19)22-21(23)20-13-12-17(27-20)14-26-16-10-8-15(24-2)9-11-16/h4-13H,3,14H2,1-2H3,(H,22,23). The van der Waals surface area contributed by atoms with Gasteiger partial charge in [0.2, 0.25) is 0 Å². The number of methoxy groups -OCH3 is 1. The van der Waals surface area contributed by atoms with Crippen molar-refractivity contribution in [2.75, 3.05) is 19.0 Å². The average Bonchev–Trinajstić information content (AvgIpc) is 3.18. The van der Waals surface area contributed by atoms with Gasteiger partial charge < -0.3 is 23.9 Å². The molecule has 0 unspecified atom stereocenters. The summed E-state index contributed by atoms with van der Waals surface area (Å²) >= 11 is 0. The van der Waals surface area contributed by atoms with Crippen LogP contribution in [-0.2, 0) is 6.61 Å². The second-order valence-electron chi connectivity index (χ2n) is 5.61. The molecule has 0 saturated heterocycles. The Morgan fingerprint density at radius 2 is 1.70 bits per heavy atom. The number of hydrogen-bond acceptors (Lipinski definition) is 5. The van der Waals surface area contributed by atoms with E-state index >= 15 is 0 Å². The second kappa shape index (κ2) is 8.80. The van der Waals surface area contributed by atoms with Gasteiger partial charge in [-0.1, -0.05) is 12.1 Å². The molecule has 1 N–H and O–H groups in total. The molecular weight excluding hydrogens is 346 g/mol. The Hall–Kier alpha value is -3.41. The molecule has 0 aliphatic heterocycles. The van der Waals surface area contributed by atoms with Gasteiger partial charge in [-0.15, -0.1) is 0 Å². The maximum Gasteiger partial charge on any atom is 0.291 e. The lowest BCUT2D eigenvalue weighted by atomic mass is 10.3. The van der Waals surface area contributed by atoms with Crippen LogP contribution in [0.4, 0.5) is 5.69 Å².